The SMILES string of the molecule is CCCCC(CC)CN1CC2CCCCN2CC1CC. The molecule has 3 atom stereocenters. The first kappa shape index (κ1) is 16.3. The lowest BCUT2D eigenvalue weighted by Crippen LogP contribution is -2.60. The molecular formula is C18H36N2. The van der Waals surface area contributed by atoms with Crippen LogP contribution in [0.5, 0.6) is 0 Å². The number of hydrogen-bond acceptors (Lipinski definition) is 2. The van der Waals surface area contributed by atoms with E-state index in [0.29, 0.717) is 0 Å². The Morgan fingerprint density at radius 2 is 1.95 bits per heavy atom. The Morgan fingerprint density at radius 1 is 1.10 bits per heavy atom. The quantitative estimate of drug-likeness (QED) is 0.691. The minimum Gasteiger partial charge on any atom is -0.298 e. The topological polar surface area (TPSA) is 6.48 Å². The smallest absolute Gasteiger partial charge is 0.0223 e. The van der Waals surface area contributed by atoms with E-state index in [1.165, 1.54) is 77.5 Å². The number of nitrogens with zero attached hydrogens (tertiary/aromatic N) is 2. The molecule has 0 N–H and O–H groups in total. The molecule has 2 nitrogen and oxygen atoms in total. The first-order valence-corrected chi connectivity index (χ1v) is 9.26. The standard InChI is InChI=1S/C18H36N2/c1-4-7-10-16(5-2)13-20-15-18-11-8-9-12-19(18)14-17(20)6-3/h16-18H,4-15H2,1-3H3. The molecule has 0 saturated carbocycles. The Kier molecular flexibility index (Phi) is 6.83. The van der Waals surface area contributed by atoms with Crippen molar-refractivity contribution < 1.29 is 0 Å². The molecular weight excluding hydrogens is 244 g/mol. The summed E-state index contributed by atoms with van der Waals surface area (Å²) in [5.41, 5.74) is 0. The van der Waals surface area contributed by atoms with Gasteiger partial charge in [0.1, 0.15) is 0 Å². The summed E-state index contributed by atoms with van der Waals surface area (Å²) in [6, 6.07) is 1.69. The summed E-state index contributed by atoms with van der Waals surface area (Å²) < 4.78 is 0. The summed E-state index contributed by atoms with van der Waals surface area (Å²) >= 11 is 0. The van der Waals surface area contributed by atoms with Crippen molar-refractivity contribution in [3.63, 3.8) is 0 Å². The van der Waals surface area contributed by atoms with Crippen molar-refractivity contribution in [3.8, 4) is 0 Å². The monoisotopic (exact) mass is 280 g/mol. The second-order valence-corrected chi connectivity index (χ2v) is 7.08. The Labute approximate surface area is 126 Å². The summed E-state index contributed by atoms with van der Waals surface area (Å²) in [5.74, 6) is 0.930. The summed E-state index contributed by atoms with van der Waals surface area (Å²) in [6.07, 6.45) is 11.2. The van der Waals surface area contributed by atoms with E-state index >= 15 is 0 Å². The van der Waals surface area contributed by atoms with Crippen LogP contribution in [0, 0.1) is 5.92 Å². The largest absolute Gasteiger partial charge is 0.298 e. The van der Waals surface area contributed by atoms with Crippen molar-refractivity contribution in [2.45, 2.75) is 84.2 Å². The van der Waals surface area contributed by atoms with Gasteiger partial charge in [0.2, 0.25) is 0 Å². The Hall–Kier alpha value is -0.0800. The van der Waals surface area contributed by atoms with Gasteiger partial charge < -0.3 is 0 Å². The third-order valence-corrected chi connectivity index (χ3v) is 5.66. The number of piperidine rings is 1. The van der Waals surface area contributed by atoms with Crippen LogP contribution < -0.4 is 0 Å². The summed E-state index contributed by atoms with van der Waals surface area (Å²) in [4.78, 5) is 5.65. The van der Waals surface area contributed by atoms with E-state index in [1.54, 1.807) is 0 Å². The lowest BCUT2D eigenvalue weighted by Gasteiger charge is -2.49. The molecule has 2 fully saturated rings. The van der Waals surface area contributed by atoms with E-state index in [1.807, 2.05) is 0 Å². The molecule has 2 rings (SSSR count). The average Bonchev–Trinajstić information content (AvgIpc) is 2.50. The van der Waals surface area contributed by atoms with E-state index < -0.39 is 0 Å². The highest BCUT2D eigenvalue weighted by Gasteiger charge is 2.34. The van der Waals surface area contributed by atoms with Gasteiger partial charge in [-0.3, -0.25) is 9.80 Å². The highest BCUT2D eigenvalue weighted by Crippen LogP contribution is 2.27. The van der Waals surface area contributed by atoms with Crippen molar-refractivity contribution in [1.29, 1.82) is 0 Å². The highest BCUT2D eigenvalue weighted by atomic mass is 15.3. The molecule has 3 unspecified atom stereocenters. The van der Waals surface area contributed by atoms with Gasteiger partial charge in [0.05, 0.1) is 0 Å². The zero-order chi connectivity index (χ0) is 14.4. The van der Waals surface area contributed by atoms with Crippen LogP contribution >= 0.6 is 0 Å². The fourth-order valence-electron chi connectivity index (χ4n) is 4.17. The Bertz CT molecular complexity index is 266. The van der Waals surface area contributed by atoms with Gasteiger partial charge in [-0.2, -0.15) is 0 Å². The van der Waals surface area contributed by atoms with Crippen molar-refractivity contribution in [2.75, 3.05) is 26.2 Å². The Morgan fingerprint density at radius 3 is 2.65 bits per heavy atom. The molecule has 0 spiro atoms. The fraction of sp³-hybridized carbons (Fsp3) is 1.00. The van der Waals surface area contributed by atoms with Crippen molar-refractivity contribution in [2.24, 2.45) is 5.92 Å². The molecule has 0 aliphatic carbocycles. The van der Waals surface area contributed by atoms with Crippen LogP contribution in [0.1, 0.15) is 72.1 Å². The summed E-state index contributed by atoms with van der Waals surface area (Å²) in [6.45, 7) is 12.5. The predicted octanol–water partition coefficient (Wildman–Crippen LogP) is 4.15. The maximum atomic E-state index is 2.86. The second kappa shape index (κ2) is 8.38. The number of piperazine rings is 1. The van der Waals surface area contributed by atoms with Gasteiger partial charge >= 0.3 is 0 Å². The molecule has 2 saturated heterocycles. The van der Waals surface area contributed by atoms with Gasteiger partial charge in [-0.1, -0.05) is 46.5 Å². The van der Waals surface area contributed by atoms with Gasteiger partial charge in [-0.25, -0.2) is 0 Å². The molecule has 2 aliphatic rings. The van der Waals surface area contributed by atoms with E-state index in [-0.39, 0.29) is 0 Å². The Balaban J connectivity index is 1.90. The van der Waals surface area contributed by atoms with Crippen LogP contribution in [0.25, 0.3) is 0 Å². The molecule has 0 aromatic heterocycles. The normalized spacial score (nSPS) is 30.1. The summed E-state index contributed by atoms with van der Waals surface area (Å²) in [5, 5.41) is 0. The predicted molar refractivity (Wildman–Crippen MR) is 88.2 cm³/mol. The molecule has 2 heteroatoms. The number of rotatable bonds is 7. The minimum absolute atomic E-state index is 0.819. The average molecular weight is 280 g/mol. The molecule has 2 heterocycles. The van der Waals surface area contributed by atoms with Crippen LogP contribution in [0.4, 0.5) is 0 Å². The number of hydrogen-bond donors (Lipinski definition) is 0. The maximum absolute atomic E-state index is 2.86. The molecule has 0 amide bonds. The van der Waals surface area contributed by atoms with Gasteiger partial charge in [0, 0.05) is 31.7 Å². The maximum Gasteiger partial charge on any atom is 0.0223 e. The van der Waals surface area contributed by atoms with Gasteiger partial charge in [-0.05, 0) is 38.1 Å². The first-order valence-electron chi connectivity index (χ1n) is 9.26. The van der Waals surface area contributed by atoms with Crippen LogP contribution in [-0.2, 0) is 0 Å². The minimum atomic E-state index is 0.819. The van der Waals surface area contributed by atoms with Gasteiger partial charge in [-0.15, -0.1) is 0 Å². The second-order valence-electron chi connectivity index (χ2n) is 7.08. The van der Waals surface area contributed by atoms with Crippen LogP contribution in [0.3, 0.4) is 0 Å². The number of unbranched alkanes of at least 4 members (excludes halogenated alkanes) is 1. The molecule has 0 aromatic rings. The fourth-order valence-corrected chi connectivity index (χ4v) is 4.17. The molecule has 118 valence electrons. The zero-order valence-corrected chi connectivity index (χ0v) is 14.1. The van der Waals surface area contributed by atoms with Crippen molar-refractivity contribution >= 4 is 0 Å². The molecule has 0 bridgehead atoms. The van der Waals surface area contributed by atoms with Gasteiger partial charge in [0.25, 0.3) is 0 Å². The highest BCUT2D eigenvalue weighted by molar-refractivity contribution is 4.90. The zero-order valence-electron chi connectivity index (χ0n) is 14.1. The van der Waals surface area contributed by atoms with Crippen LogP contribution in [-0.4, -0.2) is 48.1 Å². The molecule has 20 heavy (non-hydrogen) atoms. The number of fused-ring (bicyclic) bond motifs is 1. The molecule has 0 aromatic carbocycles. The van der Waals surface area contributed by atoms with Gasteiger partial charge in [0.15, 0.2) is 0 Å². The van der Waals surface area contributed by atoms with E-state index in [4.69, 9.17) is 0 Å². The molecule has 2 aliphatic heterocycles. The third kappa shape index (κ3) is 4.21. The van der Waals surface area contributed by atoms with E-state index in [9.17, 15) is 0 Å². The van der Waals surface area contributed by atoms with Crippen molar-refractivity contribution in [3.05, 3.63) is 0 Å². The summed E-state index contributed by atoms with van der Waals surface area (Å²) in [7, 11) is 0. The van der Waals surface area contributed by atoms with E-state index in [2.05, 4.69) is 30.6 Å². The first-order chi connectivity index (χ1) is 9.78. The van der Waals surface area contributed by atoms with Crippen LogP contribution in [0.15, 0.2) is 0 Å². The lowest BCUT2D eigenvalue weighted by atomic mass is 9.93. The van der Waals surface area contributed by atoms with E-state index in [0.717, 1.165) is 18.0 Å². The van der Waals surface area contributed by atoms with Crippen LogP contribution in [0.2, 0.25) is 0 Å². The third-order valence-electron chi connectivity index (χ3n) is 5.66. The lowest BCUT2D eigenvalue weighted by molar-refractivity contribution is -0.000944. The molecule has 0 radical (unpaired) electrons. The van der Waals surface area contributed by atoms with Crippen molar-refractivity contribution in [1.82, 2.24) is 9.80 Å².